The molecule has 0 aliphatic rings. The highest BCUT2D eigenvalue weighted by Crippen LogP contribution is 2.07. The second-order valence-electron chi connectivity index (χ2n) is 3.91. The van der Waals surface area contributed by atoms with E-state index >= 15 is 0 Å². The number of hydrogen-bond donors (Lipinski definition) is 1. The van der Waals surface area contributed by atoms with Crippen LogP contribution < -0.4 is 0 Å². The molecule has 0 radical (unpaired) electrons. The van der Waals surface area contributed by atoms with E-state index in [2.05, 4.69) is 0 Å². The van der Waals surface area contributed by atoms with Crippen LogP contribution in [0.4, 0.5) is 0 Å². The Labute approximate surface area is 96.4 Å². The number of carboxylic acid groups (broad SMARTS) is 1. The van der Waals surface area contributed by atoms with E-state index in [0.29, 0.717) is 0 Å². The fourth-order valence-electron chi connectivity index (χ4n) is 1.57. The molecule has 0 amide bonds. The van der Waals surface area contributed by atoms with Crippen molar-refractivity contribution in [3.63, 3.8) is 0 Å². The highest BCUT2D eigenvalue weighted by molar-refractivity contribution is 5.76. The Hall–Kier alpha value is -1.10. The first-order valence-corrected chi connectivity index (χ1v) is 5.55. The van der Waals surface area contributed by atoms with Gasteiger partial charge in [-0.05, 0) is 27.3 Å². The second-order valence-corrected chi connectivity index (χ2v) is 3.91. The van der Waals surface area contributed by atoms with Crippen molar-refractivity contribution in [1.29, 1.82) is 0 Å². The summed E-state index contributed by atoms with van der Waals surface area (Å²) in [5.41, 5.74) is 0. The van der Waals surface area contributed by atoms with Crippen LogP contribution in [0.15, 0.2) is 0 Å². The van der Waals surface area contributed by atoms with Crippen LogP contribution in [0, 0.1) is 0 Å². The summed E-state index contributed by atoms with van der Waals surface area (Å²) < 4.78 is 5.14. The predicted molar refractivity (Wildman–Crippen MR) is 59.9 cm³/mol. The van der Waals surface area contributed by atoms with Crippen molar-refractivity contribution in [1.82, 2.24) is 4.90 Å². The number of nitrogens with zero attached hydrogens (tertiary/aromatic N) is 1. The number of ether oxygens (including phenoxy) is 1. The maximum Gasteiger partial charge on any atom is 0.307 e. The van der Waals surface area contributed by atoms with Gasteiger partial charge in [-0.2, -0.15) is 0 Å². The van der Waals surface area contributed by atoms with Crippen LogP contribution in [-0.2, 0) is 14.3 Å². The van der Waals surface area contributed by atoms with Gasteiger partial charge in [-0.1, -0.05) is 6.92 Å². The number of carbonyl (C=O) groups excluding carboxylic acids is 1. The van der Waals surface area contributed by atoms with Crippen molar-refractivity contribution in [2.45, 2.75) is 52.8 Å². The molecular weight excluding hydrogens is 210 g/mol. The molecule has 0 saturated heterocycles. The summed E-state index contributed by atoms with van der Waals surface area (Å²) >= 11 is 0. The Bertz CT molecular complexity index is 240. The van der Waals surface area contributed by atoms with E-state index in [1.807, 2.05) is 25.7 Å². The molecule has 1 atom stereocenters. The average molecular weight is 231 g/mol. The lowest BCUT2D eigenvalue weighted by Crippen LogP contribution is -2.41. The van der Waals surface area contributed by atoms with Gasteiger partial charge in [0.2, 0.25) is 0 Å². The Morgan fingerprint density at radius 2 is 1.81 bits per heavy atom. The van der Waals surface area contributed by atoms with Crippen LogP contribution in [-0.4, -0.2) is 40.8 Å². The highest BCUT2D eigenvalue weighted by atomic mass is 16.6. The third-order valence-corrected chi connectivity index (χ3v) is 2.34. The van der Waals surface area contributed by atoms with Crippen molar-refractivity contribution in [2.24, 2.45) is 0 Å². The van der Waals surface area contributed by atoms with Gasteiger partial charge in [0.05, 0.1) is 12.8 Å². The lowest BCUT2D eigenvalue weighted by atomic mass is 10.3. The molecule has 1 unspecified atom stereocenters. The molecule has 0 spiro atoms. The minimum absolute atomic E-state index is 0.0741. The van der Waals surface area contributed by atoms with E-state index in [0.717, 1.165) is 6.54 Å². The minimum Gasteiger partial charge on any atom is -0.481 e. The van der Waals surface area contributed by atoms with Gasteiger partial charge in [-0.25, -0.2) is 0 Å². The first kappa shape index (κ1) is 14.9. The third-order valence-electron chi connectivity index (χ3n) is 2.34. The van der Waals surface area contributed by atoms with E-state index in [4.69, 9.17) is 9.84 Å². The molecule has 94 valence electrons. The van der Waals surface area contributed by atoms with Gasteiger partial charge in [-0.3, -0.25) is 14.5 Å². The van der Waals surface area contributed by atoms with Gasteiger partial charge in [0.25, 0.3) is 0 Å². The molecule has 1 N–H and O–H groups in total. The Kier molecular flexibility index (Phi) is 6.72. The van der Waals surface area contributed by atoms with Gasteiger partial charge < -0.3 is 9.84 Å². The number of carbonyl (C=O) groups is 2. The zero-order chi connectivity index (χ0) is 12.7. The summed E-state index contributed by atoms with van der Waals surface area (Å²) in [5, 5.41) is 8.42. The van der Waals surface area contributed by atoms with Gasteiger partial charge >= 0.3 is 11.9 Å². The number of hydrogen-bond acceptors (Lipinski definition) is 4. The quantitative estimate of drug-likeness (QED) is 0.531. The molecule has 0 saturated carbocycles. The molecule has 0 heterocycles. The minimum atomic E-state index is -0.985. The number of rotatable bonds is 7. The standard InChI is InChI=1S/C11H21NO4/c1-5-12(8(2)3)9(4)16-11(15)7-6-10(13)14/h8-9H,5-7H2,1-4H3,(H,13,14). The van der Waals surface area contributed by atoms with Crippen molar-refractivity contribution in [3.05, 3.63) is 0 Å². The lowest BCUT2D eigenvalue weighted by molar-refractivity contribution is -0.160. The topological polar surface area (TPSA) is 66.8 Å². The van der Waals surface area contributed by atoms with Crippen LogP contribution >= 0.6 is 0 Å². The van der Waals surface area contributed by atoms with Crippen molar-refractivity contribution >= 4 is 11.9 Å². The summed E-state index contributed by atoms with van der Waals surface area (Å²) in [5.74, 6) is -1.45. The highest BCUT2D eigenvalue weighted by Gasteiger charge is 2.19. The molecule has 0 aromatic rings. The molecule has 5 heteroatoms. The lowest BCUT2D eigenvalue weighted by Gasteiger charge is -2.30. The van der Waals surface area contributed by atoms with Gasteiger partial charge in [0.15, 0.2) is 6.23 Å². The van der Waals surface area contributed by atoms with E-state index in [-0.39, 0.29) is 25.1 Å². The molecule has 0 aliphatic carbocycles. The molecule has 0 fully saturated rings. The molecule has 0 aromatic carbocycles. The maximum absolute atomic E-state index is 11.3. The van der Waals surface area contributed by atoms with Crippen molar-refractivity contribution < 1.29 is 19.4 Å². The van der Waals surface area contributed by atoms with Gasteiger partial charge in [-0.15, -0.1) is 0 Å². The van der Waals surface area contributed by atoms with E-state index in [1.54, 1.807) is 6.92 Å². The summed E-state index contributed by atoms with van der Waals surface area (Å²) in [6, 6.07) is 0.285. The summed E-state index contributed by atoms with van der Waals surface area (Å²) in [6.45, 7) is 8.60. The van der Waals surface area contributed by atoms with Crippen molar-refractivity contribution in [3.8, 4) is 0 Å². The van der Waals surface area contributed by atoms with Gasteiger partial charge in [0.1, 0.15) is 0 Å². The fraction of sp³-hybridized carbons (Fsp3) is 0.818. The Morgan fingerprint density at radius 1 is 1.25 bits per heavy atom. The zero-order valence-electron chi connectivity index (χ0n) is 10.4. The van der Waals surface area contributed by atoms with Gasteiger partial charge in [0, 0.05) is 6.04 Å². The van der Waals surface area contributed by atoms with E-state index in [9.17, 15) is 9.59 Å². The van der Waals surface area contributed by atoms with Crippen molar-refractivity contribution in [2.75, 3.05) is 6.54 Å². The van der Waals surface area contributed by atoms with Crippen LogP contribution in [0.5, 0.6) is 0 Å². The monoisotopic (exact) mass is 231 g/mol. The smallest absolute Gasteiger partial charge is 0.307 e. The molecule has 0 aliphatic heterocycles. The number of carboxylic acids is 1. The maximum atomic E-state index is 11.3. The normalized spacial score (nSPS) is 12.9. The Morgan fingerprint density at radius 3 is 2.19 bits per heavy atom. The molecule has 0 rings (SSSR count). The molecule has 16 heavy (non-hydrogen) atoms. The van der Waals surface area contributed by atoms with E-state index in [1.165, 1.54) is 0 Å². The SMILES string of the molecule is CCN(C(C)C)C(C)OC(=O)CCC(=O)O. The molecule has 0 aromatic heterocycles. The second kappa shape index (κ2) is 7.22. The first-order chi connectivity index (χ1) is 7.38. The van der Waals surface area contributed by atoms with E-state index < -0.39 is 11.9 Å². The Balaban J connectivity index is 4.06. The summed E-state index contributed by atoms with van der Waals surface area (Å²) in [4.78, 5) is 23.6. The summed E-state index contributed by atoms with van der Waals surface area (Å²) in [7, 11) is 0. The third kappa shape index (κ3) is 5.70. The average Bonchev–Trinajstić information content (AvgIpc) is 2.15. The van der Waals surface area contributed by atoms with Crippen LogP contribution in [0.1, 0.15) is 40.5 Å². The molecule has 0 bridgehead atoms. The van der Waals surface area contributed by atoms with Crippen LogP contribution in [0.3, 0.4) is 0 Å². The molecule has 5 nitrogen and oxygen atoms in total. The van der Waals surface area contributed by atoms with Crippen LogP contribution in [0.2, 0.25) is 0 Å². The molecular formula is C11H21NO4. The predicted octanol–water partition coefficient (Wildman–Crippen LogP) is 1.47. The number of aliphatic carboxylic acids is 1. The fourth-order valence-corrected chi connectivity index (χ4v) is 1.57. The summed E-state index contributed by atoms with van der Waals surface area (Å²) in [6.07, 6.45) is -0.569. The largest absolute Gasteiger partial charge is 0.481 e. The zero-order valence-corrected chi connectivity index (χ0v) is 10.4. The van der Waals surface area contributed by atoms with Crippen LogP contribution in [0.25, 0.3) is 0 Å². The number of esters is 1. The first-order valence-electron chi connectivity index (χ1n) is 5.55.